The Labute approximate surface area is 134 Å². The monoisotopic (exact) mass is 306 g/mol. The summed E-state index contributed by atoms with van der Waals surface area (Å²) in [6.07, 6.45) is 10.3. The Bertz CT molecular complexity index is 671. The van der Waals surface area contributed by atoms with Crippen molar-refractivity contribution >= 4 is 18.0 Å². The van der Waals surface area contributed by atoms with Crippen molar-refractivity contribution in [1.82, 2.24) is 0 Å². The predicted molar refractivity (Wildman–Crippen MR) is 86.3 cm³/mol. The van der Waals surface area contributed by atoms with Gasteiger partial charge < -0.3 is 4.74 Å². The summed E-state index contributed by atoms with van der Waals surface area (Å²) in [4.78, 5) is 19.8. The van der Waals surface area contributed by atoms with Crippen LogP contribution in [0.5, 0.6) is 0 Å². The molecule has 0 radical (unpaired) electrons. The molecule has 1 aliphatic rings. The van der Waals surface area contributed by atoms with E-state index in [1.54, 1.807) is 12.1 Å². The number of ether oxygens (including phenoxy) is 1. The molecule has 23 heavy (non-hydrogen) atoms. The van der Waals surface area contributed by atoms with Crippen molar-refractivity contribution in [3.05, 3.63) is 78.9 Å². The van der Waals surface area contributed by atoms with Crippen molar-refractivity contribution in [2.75, 3.05) is 0 Å². The van der Waals surface area contributed by atoms with E-state index in [9.17, 15) is 9.59 Å². The maximum Gasteiger partial charge on any atom is 0.338 e. The van der Waals surface area contributed by atoms with Gasteiger partial charge in [0.05, 0.1) is 12.1 Å². The summed E-state index contributed by atoms with van der Waals surface area (Å²) >= 11 is 0. The van der Waals surface area contributed by atoms with Crippen LogP contribution in [0.4, 0.5) is 0 Å². The molecule has 5 nitrogen and oxygen atoms in total. The lowest BCUT2D eigenvalue weighted by Crippen LogP contribution is -1.96. The molecule has 1 heterocycles. The fourth-order valence-corrected chi connectivity index (χ4v) is 1.13. The number of carbonyl (C=O) groups excluding carboxylic acids is 2. The Balaban J connectivity index is 0.000000371. The highest BCUT2D eigenvalue weighted by molar-refractivity contribution is 6.04. The summed E-state index contributed by atoms with van der Waals surface area (Å²) in [5, 5.41) is 15.7. The molecular weight excluding hydrogens is 292 g/mol. The molecule has 1 aliphatic heterocycles. The van der Waals surface area contributed by atoms with Gasteiger partial charge in [-0.1, -0.05) is 55.1 Å². The van der Waals surface area contributed by atoms with Gasteiger partial charge in [0.15, 0.2) is 0 Å². The average Bonchev–Trinajstić information content (AvgIpc) is 2.96. The Morgan fingerprint density at radius 3 is 1.91 bits per heavy atom. The summed E-state index contributed by atoms with van der Waals surface area (Å²) in [6, 6.07) is 13.6. The first-order valence-electron chi connectivity index (χ1n) is 6.36. The van der Waals surface area contributed by atoms with Crippen LogP contribution >= 0.6 is 0 Å². The fourth-order valence-electron chi connectivity index (χ4n) is 1.13. The van der Waals surface area contributed by atoms with Crippen LogP contribution in [0, 0.1) is 22.7 Å². The molecule has 0 fully saturated rings. The third-order valence-electron chi connectivity index (χ3n) is 2.02. The number of carbonyl (C=O) groups is 2. The molecule has 1 aromatic carbocycles. The number of rotatable bonds is 2. The zero-order valence-corrected chi connectivity index (χ0v) is 12.3. The van der Waals surface area contributed by atoms with E-state index in [1.807, 2.05) is 48.6 Å². The van der Waals surface area contributed by atoms with Gasteiger partial charge in [-0.15, -0.1) is 0 Å². The minimum atomic E-state index is -0.579. The number of benzene rings is 1. The first-order chi connectivity index (χ1) is 11.1. The van der Waals surface area contributed by atoms with E-state index in [0.29, 0.717) is 0 Å². The van der Waals surface area contributed by atoms with Crippen molar-refractivity contribution in [1.29, 1.82) is 10.5 Å². The van der Waals surface area contributed by atoms with E-state index in [0.717, 1.165) is 17.7 Å². The minimum Gasteiger partial charge on any atom is -0.387 e. The summed E-state index contributed by atoms with van der Waals surface area (Å²) in [5.74, 6) is -1.16. The standard InChI is InChI=1S/C11H9N.C4H2O3.C3H3N/c12-10-6-2-5-9-11-7-3-1-4-8-11;5-3-1-2-4(6)7-3;1-2-3-4/h1-9H;1-2H;2H,1H2. The van der Waals surface area contributed by atoms with Crippen LogP contribution in [-0.4, -0.2) is 11.9 Å². The third kappa shape index (κ3) is 11.8. The van der Waals surface area contributed by atoms with Gasteiger partial charge in [0.25, 0.3) is 0 Å². The van der Waals surface area contributed by atoms with Crippen LogP contribution in [0.3, 0.4) is 0 Å². The molecule has 0 aromatic heterocycles. The van der Waals surface area contributed by atoms with Crippen LogP contribution in [-0.2, 0) is 14.3 Å². The van der Waals surface area contributed by atoms with Gasteiger partial charge >= 0.3 is 11.9 Å². The third-order valence-corrected chi connectivity index (χ3v) is 2.02. The Kier molecular flexibility index (Phi) is 11.2. The van der Waals surface area contributed by atoms with E-state index >= 15 is 0 Å². The largest absolute Gasteiger partial charge is 0.387 e. The molecule has 2 rings (SSSR count). The van der Waals surface area contributed by atoms with Crippen LogP contribution in [0.1, 0.15) is 5.56 Å². The van der Waals surface area contributed by atoms with Crippen LogP contribution in [0.15, 0.2) is 73.4 Å². The first kappa shape index (κ1) is 19.3. The molecule has 0 atom stereocenters. The van der Waals surface area contributed by atoms with E-state index in [-0.39, 0.29) is 0 Å². The second-order valence-corrected chi connectivity index (χ2v) is 3.66. The Hall–Kier alpha value is -3.70. The highest BCUT2D eigenvalue weighted by Crippen LogP contribution is 2.00. The Morgan fingerprint density at radius 1 is 0.957 bits per heavy atom. The van der Waals surface area contributed by atoms with Gasteiger partial charge in [-0.3, -0.25) is 0 Å². The summed E-state index contributed by atoms with van der Waals surface area (Å²) < 4.78 is 3.97. The maximum absolute atomic E-state index is 9.92. The maximum atomic E-state index is 9.92. The van der Waals surface area contributed by atoms with Crippen molar-refractivity contribution in [3.63, 3.8) is 0 Å². The molecule has 0 saturated carbocycles. The normalized spacial score (nSPS) is 11.6. The summed E-state index contributed by atoms with van der Waals surface area (Å²) in [6.45, 7) is 3.12. The highest BCUT2D eigenvalue weighted by Gasteiger charge is 2.10. The van der Waals surface area contributed by atoms with Crippen molar-refractivity contribution in [2.24, 2.45) is 0 Å². The lowest BCUT2D eigenvalue weighted by Gasteiger charge is -1.87. The molecule has 0 aliphatic carbocycles. The molecule has 1 aromatic rings. The van der Waals surface area contributed by atoms with Gasteiger partial charge in [-0.05, 0) is 5.56 Å². The van der Waals surface area contributed by atoms with Gasteiger partial charge in [0.1, 0.15) is 0 Å². The molecule has 0 unspecified atom stereocenters. The predicted octanol–water partition coefficient (Wildman–Crippen LogP) is 3.10. The van der Waals surface area contributed by atoms with Crippen LogP contribution in [0.2, 0.25) is 0 Å². The number of hydrogen-bond donors (Lipinski definition) is 0. The van der Waals surface area contributed by atoms with E-state index < -0.39 is 11.9 Å². The quantitative estimate of drug-likeness (QED) is 0.362. The summed E-state index contributed by atoms with van der Waals surface area (Å²) in [7, 11) is 0. The van der Waals surface area contributed by atoms with E-state index in [4.69, 9.17) is 10.5 Å². The van der Waals surface area contributed by atoms with E-state index in [2.05, 4.69) is 11.3 Å². The minimum absolute atomic E-state index is 0.579. The molecular formula is C18H14N2O3. The topological polar surface area (TPSA) is 91.0 Å². The molecule has 0 saturated heterocycles. The lowest BCUT2D eigenvalue weighted by atomic mass is 10.2. The first-order valence-corrected chi connectivity index (χ1v) is 6.36. The summed E-state index contributed by atoms with van der Waals surface area (Å²) in [5.41, 5.74) is 1.14. The Morgan fingerprint density at radius 2 is 1.52 bits per heavy atom. The van der Waals surface area contributed by atoms with Gasteiger partial charge in [-0.25, -0.2) is 9.59 Å². The number of nitriles is 2. The second-order valence-electron chi connectivity index (χ2n) is 3.66. The molecule has 0 N–H and O–H groups in total. The highest BCUT2D eigenvalue weighted by atomic mass is 16.6. The number of cyclic esters (lactones) is 2. The van der Waals surface area contributed by atoms with Crippen molar-refractivity contribution in [3.8, 4) is 12.1 Å². The number of hydrogen-bond acceptors (Lipinski definition) is 5. The molecule has 5 heteroatoms. The SMILES string of the molecule is C=CC#N.N#CC=CC=Cc1ccccc1.O=C1C=CC(=O)O1. The van der Waals surface area contributed by atoms with Crippen molar-refractivity contribution in [2.45, 2.75) is 0 Å². The molecule has 114 valence electrons. The van der Waals surface area contributed by atoms with E-state index in [1.165, 1.54) is 12.2 Å². The second kappa shape index (κ2) is 13.3. The van der Waals surface area contributed by atoms with Gasteiger partial charge in [0, 0.05) is 24.3 Å². The van der Waals surface area contributed by atoms with Crippen LogP contribution < -0.4 is 0 Å². The van der Waals surface area contributed by atoms with Crippen molar-refractivity contribution < 1.29 is 14.3 Å². The number of nitrogens with zero attached hydrogens (tertiary/aromatic N) is 2. The molecule has 0 amide bonds. The van der Waals surface area contributed by atoms with Gasteiger partial charge in [0.2, 0.25) is 0 Å². The lowest BCUT2D eigenvalue weighted by molar-refractivity contribution is -0.150. The molecule has 0 bridgehead atoms. The number of esters is 2. The smallest absolute Gasteiger partial charge is 0.338 e. The zero-order chi connectivity index (χ0) is 17.3. The fraction of sp³-hybridized carbons (Fsp3) is 0. The van der Waals surface area contributed by atoms with Crippen LogP contribution in [0.25, 0.3) is 6.08 Å². The van der Waals surface area contributed by atoms with Gasteiger partial charge in [-0.2, -0.15) is 10.5 Å². The average molecular weight is 306 g/mol. The molecule has 0 spiro atoms. The number of allylic oxidation sites excluding steroid dienone is 4. The zero-order valence-electron chi connectivity index (χ0n) is 12.3.